The van der Waals surface area contributed by atoms with Gasteiger partial charge >= 0.3 is 36.5 Å². The zero-order valence-electron chi connectivity index (χ0n) is 8.41. The third-order valence-electron chi connectivity index (χ3n) is 1.27. The van der Waals surface area contributed by atoms with E-state index in [0.717, 1.165) is 0 Å². The van der Waals surface area contributed by atoms with Gasteiger partial charge in [0.2, 0.25) is 0 Å². The van der Waals surface area contributed by atoms with Crippen molar-refractivity contribution in [2.75, 3.05) is 0 Å². The van der Waals surface area contributed by atoms with Gasteiger partial charge in [-0.3, -0.25) is 0 Å². The molecule has 118 valence electrons. The average molecular weight is 326 g/mol. The number of rotatable bonds is 2. The number of halogens is 10. The van der Waals surface area contributed by atoms with Crippen LogP contribution in [0, 0.1) is 0 Å². The first-order valence-electron chi connectivity index (χ1n) is 3.86. The number of esters is 2. The van der Waals surface area contributed by atoms with Gasteiger partial charge in [-0.05, 0) is 0 Å². The second-order valence-electron chi connectivity index (χ2n) is 2.81. The van der Waals surface area contributed by atoms with Gasteiger partial charge in [0.05, 0.1) is 0 Å². The monoisotopic (exact) mass is 326 g/mol. The van der Waals surface area contributed by atoms with E-state index in [-0.39, 0.29) is 0 Å². The Morgan fingerprint density at radius 1 is 0.550 bits per heavy atom. The molecule has 0 N–H and O–H groups in total. The van der Waals surface area contributed by atoms with Gasteiger partial charge in [-0.25, -0.2) is 9.59 Å². The minimum Gasteiger partial charge on any atom is -0.385 e. The fourth-order valence-electron chi connectivity index (χ4n) is 0.432. The summed E-state index contributed by atoms with van der Waals surface area (Å²) in [5.41, 5.74) is 0. The lowest BCUT2D eigenvalue weighted by molar-refractivity contribution is -0.384. The molecular formula is C6F10O4. The highest BCUT2D eigenvalue weighted by atomic mass is 19.4. The molecule has 0 aromatic carbocycles. The molecule has 0 spiro atoms. The average Bonchev–Trinajstić information content (AvgIpc) is 2.12. The summed E-state index contributed by atoms with van der Waals surface area (Å²) in [6.45, 7) is 0. The lowest BCUT2D eigenvalue weighted by atomic mass is 10.5. The fraction of sp³-hybridized carbons (Fsp3) is 0.667. The quantitative estimate of drug-likeness (QED) is 0.444. The molecule has 0 radical (unpaired) electrons. The fourth-order valence-corrected chi connectivity index (χ4v) is 0.432. The van der Waals surface area contributed by atoms with Crippen LogP contribution in [0.3, 0.4) is 0 Å². The van der Waals surface area contributed by atoms with E-state index >= 15 is 0 Å². The highest BCUT2D eigenvalue weighted by Gasteiger charge is 2.65. The molecule has 0 bridgehead atoms. The maximum Gasteiger partial charge on any atom is 0.501 e. The third-order valence-corrected chi connectivity index (χ3v) is 1.27. The van der Waals surface area contributed by atoms with E-state index in [4.69, 9.17) is 0 Å². The van der Waals surface area contributed by atoms with E-state index in [1.807, 2.05) is 0 Å². The Morgan fingerprint density at radius 2 is 0.750 bits per heavy atom. The normalized spacial score (nSPS) is 13.9. The summed E-state index contributed by atoms with van der Waals surface area (Å²) < 4.78 is 121. The van der Waals surface area contributed by atoms with Gasteiger partial charge in [0.25, 0.3) is 0 Å². The van der Waals surface area contributed by atoms with Gasteiger partial charge in [-0.2, -0.15) is 43.9 Å². The Hall–Kier alpha value is -1.76. The number of hydrogen-bond donors (Lipinski definition) is 0. The van der Waals surface area contributed by atoms with Crippen molar-refractivity contribution in [1.29, 1.82) is 0 Å². The van der Waals surface area contributed by atoms with Gasteiger partial charge in [0, 0.05) is 0 Å². The van der Waals surface area contributed by atoms with Gasteiger partial charge in [0.1, 0.15) is 0 Å². The number of carbonyl (C=O) groups excluding carboxylic acids is 2. The molecule has 0 saturated carbocycles. The van der Waals surface area contributed by atoms with Crippen molar-refractivity contribution in [3.8, 4) is 0 Å². The van der Waals surface area contributed by atoms with Crippen molar-refractivity contribution >= 4 is 11.9 Å². The van der Waals surface area contributed by atoms with Crippen LogP contribution in [0.1, 0.15) is 0 Å². The molecule has 0 atom stereocenters. The molecule has 14 heteroatoms. The first-order chi connectivity index (χ1) is 8.51. The lowest BCUT2D eigenvalue weighted by Crippen LogP contribution is -2.46. The van der Waals surface area contributed by atoms with Gasteiger partial charge < -0.3 is 9.47 Å². The molecule has 0 aromatic heterocycles. The first kappa shape index (κ1) is 18.2. The summed E-state index contributed by atoms with van der Waals surface area (Å²) in [7, 11) is 0. The molecule has 0 fully saturated rings. The molecule has 4 nitrogen and oxygen atoms in total. The van der Waals surface area contributed by atoms with Crippen molar-refractivity contribution in [2.45, 2.75) is 24.6 Å². The standard InChI is InChI=1S/C6F10O4/c7-3(8,9)5(13,14)19-1(17)2(18)20-6(15,16)4(10,11)12. The highest BCUT2D eigenvalue weighted by molar-refractivity contribution is 6.29. The van der Waals surface area contributed by atoms with Crippen LogP contribution in [0.15, 0.2) is 0 Å². The van der Waals surface area contributed by atoms with Crippen LogP contribution in [-0.4, -0.2) is 36.5 Å². The van der Waals surface area contributed by atoms with Crippen molar-refractivity contribution in [3.05, 3.63) is 0 Å². The zero-order valence-corrected chi connectivity index (χ0v) is 8.41. The van der Waals surface area contributed by atoms with E-state index in [2.05, 4.69) is 9.47 Å². The summed E-state index contributed by atoms with van der Waals surface area (Å²) in [5, 5.41) is 0. The predicted octanol–water partition coefficient (Wildman–Crippen LogP) is 2.38. The predicted molar refractivity (Wildman–Crippen MR) is 34.2 cm³/mol. The summed E-state index contributed by atoms with van der Waals surface area (Å²) in [4.78, 5) is 20.5. The Bertz CT molecular complexity index is 356. The Kier molecular flexibility index (Phi) is 4.53. The highest BCUT2D eigenvalue weighted by Crippen LogP contribution is 2.38. The Morgan fingerprint density at radius 3 is 0.900 bits per heavy atom. The largest absolute Gasteiger partial charge is 0.501 e. The maximum atomic E-state index is 12.0. The van der Waals surface area contributed by atoms with Crippen LogP contribution in [0.2, 0.25) is 0 Å². The van der Waals surface area contributed by atoms with Crippen LogP contribution >= 0.6 is 0 Å². The third kappa shape index (κ3) is 4.12. The topological polar surface area (TPSA) is 52.6 Å². The number of ether oxygens (including phenoxy) is 2. The molecule has 0 aliphatic heterocycles. The summed E-state index contributed by atoms with van der Waals surface area (Å²) in [6, 6.07) is 0. The van der Waals surface area contributed by atoms with Crippen molar-refractivity contribution in [1.82, 2.24) is 0 Å². The van der Waals surface area contributed by atoms with E-state index in [9.17, 15) is 53.5 Å². The minimum atomic E-state index is -6.52. The molecule has 0 amide bonds. The number of carbonyl (C=O) groups is 2. The smallest absolute Gasteiger partial charge is 0.385 e. The van der Waals surface area contributed by atoms with Crippen LogP contribution in [0.5, 0.6) is 0 Å². The molecule has 0 heterocycles. The molecule has 0 saturated heterocycles. The molecule has 20 heavy (non-hydrogen) atoms. The van der Waals surface area contributed by atoms with E-state index in [1.165, 1.54) is 0 Å². The van der Waals surface area contributed by atoms with Crippen molar-refractivity contribution in [3.63, 3.8) is 0 Å². The van der Waals surface area contributed by atoms with Gasteiger partial charge in [0.15, 0.2) is 0 Å². The van der Waals surface area contributed by atoms with Crippen molar-refractivity contribution in [2.24, 2.45) is 0 Å². The van der Waals surface area contributed by atoms with E-state index in [0.29, 0.717) is 0 Å². The molecule has 0 aliphatic carbocycles. The van der Waals surface area contributed by atoms with E-state index in [1.54, 1.807) is 0 Å². The lowest BCUT2D eigenvalue weighted by Gasteiger charge is -2.20. The van der Waals surface area contributed by atoms with Crippen molar-refractivity contribution < 1.29 is 63.0 Å². The number of hydrogen-bond acceptors (Lipinski definition) is 4. The van der Waals surface area contributed by atoms with Gasteiger partial charge in [-0.15, -0.1) is 0 Å². The first-order valence-corrected chi connectivity index (χ1v) is 3.86. The molecule has 0 rings (SSSR count). The van der Waals surface area contributed by atoms with Crippen LogP contribution in [0.25, 0.3) is 0 Å². The zero-order chi connectivity index (χ0) is 16.6. The molecule has 0 aromatic rings. The second-order valence-corrected chi connectivity index (χ2v) is 2.81. The SMILES string of the molecule is O=C(OC(F)(F)C(F)(F)F)C(=O)OC(F)(F)C(F)(F)F. The Balaban J connectivity index is 4.88. The van der Waals surface area contributed by atoms with Crippen LogP contribution in [0.4, 0.5) is 43.9 Å². The number of alkyl halides is 10. The maximum absolute atomic E-state index is 12.0. The Labute approximate surface area is 101 Å². The second kappa shape index (κ2) is 4.97. The van der Waals surface area contributed by atoms with Crippen LogP contribution < -0.4 is 0 Å². The summed E-state index contributed by atoms with van der Waals surface area (Å²) >= 11 is 0. The minimum absolute atomic E-state index is 2.15. The van der Waals surface area contributed by atoms with Gasteiger partial charge in [-0.1, -0.05) is 0 Å². The van der Waals surface area contributed by atoms with Crippen LogP contribution in [-0.2, 0) is 19.1 Å². The summed E-state index contributed by atoms with van der Waals surface area (Å²) in [6.07, 6.45) is -25.6. The summed E-state index contributed by atoms with van der Waals surface area (Å²) in [5.74, 6) is -6.78. The van der Waals surface area contributed by atoms with E-state index < -0.39 is 36.5 Å². The molecular weight excluding hydrogens is 326 g/mol. The molecule has 0 aliphatic rings. The molecule has 0 unspecified atom stereocenters.